The third kappa shape index (κ3) is 4.05. The molecule has 142 valence electrons. The van der Waals surface area contributed by atoms with Crippen LogP contribution in [0.4, 0.5) is 5.69 Å². The van der Waals surface area contributed by atoms with Gasteiger partial charge in [0.2, 0.25) is 12.7 Å². The molecular weight excluding hydrogens is 352 g/mol. The Hall–Kier alpha value is -3.42. The van der Waals surface area contributed by atoms with E-state index in [4.69, 9.17) is 18.9 Å². The average molecular weight is 372 g/mol. The second-order valence-corrected chi connectivity index (χ2v) is 5.82. The number of nitrogens with one attached hydrogen (secondary N) is 2. The first-order valence-corrected chi connectivity index (χ1v) is 8.22. The first-order chi connectivity index (χ1) is 13.0. The summed E-state index contributed by atoms with van der Waals surface area (Å²) in [7, 11) is 3.06. The molecule has 0 unspecified atom stereocenters. The summed E-state index contributed by atoms with van der Waals surface area (Å²) in [5, 5.41) is 5.33. The molecule has 3 rings (SSSR count). The lowest BCUT2D eigenvalue weighted by Crippen LogP contribution is -2.33. The molecule has 0 fully saturated rings. The van der Waals surface area contributed by atoms with Gasteiger partial charge in [0, 0.05) is 17.3 Å². The number of carbonyl (C=O) groups is 2. The maximum absolute atomic E-state index is 12.2. The van der Waals surface area contributed by atoms with Gasteiger partial charge in [-0.05, 0) is 36.8 Å². The highest BCUT2D eigenvalue weighted by Crippen LogP contribution is 2.33. The molecule has 0 spiro atoms. The molecule has 1 aliphatic rings. The van der Waals surface area contributed by atoms with Crippen molar-refractivity contribution in [1.29, 1.82) is 0 Å². The number of methoxy groups -OCH3 is 2. The van der Waals surface area contributed by atoms with Gasteiger partial charge in [0.15, 0.2) is 23.0 Å². The molecule has 0 radical (unpaired) electrons. The smallest absolute Gasteiger partial charge is 0.251 e. The third-order valence-electron chi connectivity index (χ3n) is 4.05. The van der Waals surface area contributed by atoms with Gasteiger partial charge in [-0.25, -0.2) is 0 Å². The number of aryl methyl sites for hydroxylation is 1. The van der Waals surface area contributed by atoms with E-state index in [1.165, 1.54) is 7.11 Å². The van der Waals surface area contributed by atoms with Crippen molar-refractivity contribution in [3.8, 4) is 23.0 Å². The SMILES string of the molecule is COc1cc(C)c(NC(=O)CNC(=O)c2ccc3c(c2)OCO3)cc1OC. The molecule has 27 heavy (non-hydrogen) atoms. The maximum atomic E-state index is 12.2. The Morgan fingerprint density at radius 3 is 2.48 bits per heavy atom. The molecule has 8 heteroatoms. The van der Waals surface area contributed by atoms with E-state index in [1.54, 1.807) is 37.4 Å². The lowest BCUT2D eigenvalue weighted by Gasteiger charge is -2.14. The second-order valence-electron chi connectivity index (χ2n) is 5.82. The van der Waals surface area contributed by atoms with Crippen molar-refractivity contribution in [1.82, 2.24) is 5.32 Å². The molecule has 0 saturated carbocycles. The third-order valence-corrected chi connectivity index (χ3v) is 4.05. The van der Waals surface area contributed by atoms with Crippen molar-refractivity contribution in [3.63, 3.8) is 0 Å². The van der Waals surface area contributed by atoms with Crippen LogP contribution in [0, 0.1) is 6.92 Å². The fourth-order valence-electron chi connectivity index (χ4n) is 2.61. The van der Waals surface area contributed by atoms with E-state index in [-0.39, 0.29) is 25.2 Å². The molecule has 2 aromatic carbocycles. The standard InChI is InChI=1S/C19H20N2O6/c1-11-6-15(24-2)16(25-3)8-13(11)21-18(22)9-20-19(23)12-4-5-14-17(7-12)27-10-26-14/h4-8H,9-10H2,1-3H3,(H,20,23)(H,21,22). The number of carbonyl (C=O) groups excluding carboxylic acids is 2. The molecule has 0 aromatic heterocycles. The largest absolute Gasteiger partial charge is 0.493 e. The molecule has 2 amide bonds. The number of ether oxygens (including phenoxy) is 4. The normalized spacial score (nSPS) is 11.7. The molecule has 0 bridgehead atoms. The van der Waals surface area contributed by atoms with Gasteiger partial charge < -0.3 is 29.6 Å². The van der Waals surface area contributed by atoms with Gasteiger partial charge in [-0.3, -0.25) is 9.59 Å². The minimum Gasteiger partial charge on any atom is -0.493 e. The molecule has 2 aromatic rings. The fourth-order valence-corrected chi connectivity index (χ4v) is 2.61. The topological polar surface area (TPSA) is 95.1 Å². The number of hydrogen-bond donors (Lipinski definition) is 2. The highest BCUT2D eigenvalue weighted by molar-refractivity contribution is 6.00. The zero-order valence-electron chi connectivity index (χ0n) is 15.3. The molecule has 0 atom stereocenters. The molecule has 1 aliphatic heterocycles. The van der Waals surface area contributed by atoms with Crippen LogP contribution >= 0.6 is 0 Å². The molecule has 0 saturated heterocycles. The minimum absolute atomic E-state index is 0.132. The van der Waals surface area contributed by atoms with Crippen molar-refractivity contribution in [2.45, 2.75) is 6.92 Å². The summed E-state index contributed by atoms with van der Waals surface area (Å²) >= 11 is 0. The zero-order chi connectivity index (χ0) is 19.4. The number of hydrogen-bond acceptors (Lipinski definition) is 6. The molecule has 0 aliphatic carbocycles. The zero-order valence-corrected chi connectivity index (χ0v) is 15.3. The van der Waals surface area contributed by atoms with Gasteiger partial charge in [0.1, 0.15) is 0 Å². The predicted molar refractivity (Wildman–Crippen MR) is 97.8 cm³/mol. The Bertz CT molecular complexity index is 881. The summed E-state index contributed by atoms with van der Waals surface area (Å²) in [5.41, 5.74) is 1.77. The van der Waals surface area contributed by atoms with Crippen LogP contribution in [0.15, 0.2) is 30.3 Å². The van der Waals surface area contributed by atoms with Crippen LogP contribution in [0.1, 0.15) is 15.9 Å². The van der Waals surface area contributed by atoms with Gasteiger partial charge in [-0.15, -0.1) is 0 Å². The van der Waals surface area contributed by atoms with E-state index in [1.807, 2.05) is 6.92 Å². The molecule has 1 heterocycles. The monoisotopic (exact) mass is 372 g/mol. The number of rotatable bonds is 6. The Kier molecular flexibility index (Phi) is 5.35. The molecule has 2 N–H and O–H groups in total. The Morgan fingerprint density at radius 1 is 1.04 bits per heavy atom. The van der Waals surface area contributed by atoms with Gasteiger partial charge in [0.25, 0.3) is 5.91 Å². The minimum atomic E-state index is -0.382. The summed E-state index contributed by atoms with van der Waals surface area (Å²) in [6.45, 7) is 1.79. The van der Waals surface area contributed by atoms with E-state index < -0.39 is 0 Å². The Morgan fingerprint density at radius 2 is 1.74 bits per heavy atom. The summed E-state index contributed by atoms with van der Waals surface area (Å²) in [6.07, 6.45) is 0. The quantitative estimate of drug-likeness (QED) is 0.806. The van der Waals surface area contributed by atoms with E-state index in [0.717, 1.165) is 5.56 Å². The van der Waals surface area contributed by atoms with Gasteiger partial charge in [0.05, 0.1) is 20.8 Å². The van der Waals surface area contributed by atoms with Crippen molar-refractivity contribution in [2.75, 3.05) is 32.9 Å². The number of anilines is 1. The summed E-state index contributed by atoms with van der Waals surface area (Å²) in [6, 6.07) is 8.28. The van der Waals surface area contributed by atoms with Crippen molar-refractivity contribution in [3.05, 3.63) is 41.5 Å². The van der Waals surface area contributed by atoms with Crippen LogP contribution in [-0.2, 0) is 4.79 Å². The second kappa shape index (κ2) is 7.86. The summed E-state index contributed by atoms with van der Waals surface area (Å²) < 4.78 is 20.9. The predicted octanol–water partition coefficient (Wildman–Crippen LogP) is 2.11. The van der Waals surface area contributed by atoms with Crippen LogP contribution in [0.25, 0.3) is 0 Å². The number of benzene rings is 2. The molecular formula is C19H20N2O6. The van der Waals surface area contributed by atoms with Gasteiger partial charge in [-0.1, -0.05) is 0 Å². The van der Waals surface area contributed by atoms with Gasteiger partial charge >= 0.3 is 0 Å². The lowest BCUT2D eigenvalue weighted by atomic mass is 10.1. The number of amides is 2. The van der Waals surface area contributed by atoms with Crippen molar-refractivity contribution in [2.24, 2.45) is 0 Å². The van der Waals surface area contributed by atoms with Crippen molar-refractivity contribution < 1.29 is 28.5 Å². The summed E-state index contributed by atoms with van der Waals surface area (Å²) in [5.74, 6) is 1.43. The Labute approximate surface area is 156 Å². The van der Waals surface area contributed by atoms with Crippen LogP contribution in [-0.4, -0.2) is 39.4 Å². The highest BCUT2D eigenvalue weighted by atomic mass is 16.7. The van der Waals surface area contributed by atoms with E-state index >= 15 is 0 Å². The van der Waals surface area contributed by atoms with Crippen LogP contribution in [0.3, 0.4) is 0 Å². The van der Waals surface area contributed by atoms with E-state index in [9.17, 15) is 9.59 Å². The maximum Gasteiger partial charge on any atom is 0.251 e. The van der Waals surface area contributed by atoms with Crippen LogP contribution < -0.4 is 29.6 Å². The van der Waals surface area contributed by atoms with Crippen LogP contribution in [0.5, 0.6) is 23.0 Å². The lowest BCUT2D eigenvalue weighted by molar-refractivity contribution is -0.115. The fraction of sp³-hybridized carbons (Fsp3) is 0.263. The van der Waals surface area contributed by atoms with Crippen LogP contribution in [0.2, 0.25) is 0 Å². The highest BCUT2D eigenvalue weighted by Gasteiger charge is 2.17. The Balaban J connectivity index is 1.60. The molecule has 8 nitrogen and oxygen atoms in total. The first-order valence-electron chi connectivity index (χ1n) is 8.22. The summed E-state index contributed by atoms with van der Waals surface area (Å²) in [4.78, 5) is 24.4. The first kappa shape index (κ1) is 18.4. The van der Waals surface area contributed by atoms with Crippen molar-refractivity contribution >= 4 is 17.5 Å². The van der Waals surface area contributed by atoms with E-state index in [2.05, 4.69) is 10.6 Å². The van der Waals surface area contributed by atoms with Gasteiger partial charge in [-0.2, -0.15) is 0 Å². The average Bonchev–Trinajstić information content (AvgIpc) is 3.15. The number of fused-ring (bicyclic) bond motifs is 1. The van der Waals surface area contributed by atoms with E-state index in [0.29, 0.717) is 34.2 Å².